The van der Waals surface area contributed by atoms with Crippen molar-refractivity contribution in [1.29, 1.82) is 0 Å². The van der Waals surface area contributed by atoms with Gasteiger partial charge in [-0.05, 0) is 6.92 Å². The molecule has 0 aromatic rings. The average molecular weight is 637 g/mol. The van der Waals surface area contributed by atoms with Crippen LogP contribution in [0.25, 0.3) is 0 Å². The molecule has 1 aliphatic rings. The molecule has 0 bridgehead atoms. The third-order valence-electron chi connectivity index (χ3n) is 5.94. The summed E-state index contributed by atoms with van der Waals surface area (Å²) >= 11 is 0. The number of nitrogens with zero attached hydrogens (tertiary/aromatic N) is 2. The molecule has 0 aliphatic carbocycles. The standard InChI is InChI=1S/C26H44N4O14/c1-4-44-26(37)21(23(33)34)27-19(31)17-29-5-9-40-13-15-42-11-7-30(8-12-43-16-14-41-10-6-29)18-20(32)28-22(24(35)38-2)25(36)39-3/h21-22H,4-18H2,1-3H3,(H,27,31)(H,28,32)(H,33,34). The summed E-state index contributed by atoms with van der Waals surface area (Å²) in [6, 6.07) is -3.40. The van der Waals surface area contributed by atoms with Gasteiger partial charge in [0.25, 0.3) is 0 Å². The molecule has 1 rings (SSSR count). The van der Waals surface area contributed by atoms with Crippen LogP contribution in [0.4, 0.5) is 0 Å². The summed E-state index contributed by atoms with van der Waals surface area (Å²) < 4.78 is 36.2. The molecule has 1 aliphatic heterocycles. The number of nitrogens with one attached hydrogen (secondary N) is 2. The zero-order chi connectivity index (χ0) is 32.7. The van der Waals surface area contributed by atoms with Crippen LogP contribution < -0.4 is 10.6 Å². The highest BCUT2D eigenvalue weighted by molar-refractivity contribution is 6.03. The zero-order valence-electron chi connectivity index (χ0n) is 25.4. The summed E-state index contributed by atoms with van der Waals surface area (Å²) in [6.45, 7) is 4.35. The van der Waals surface area contributed by atoms with Gasteiger partial charge in [0.15, 0.2) is 0 Å². The van der Waals surface area contributed by atoms with Gasteiger partial charge in [0, 0.05) is 26.2 Å². The van der Waals surface area contributed by atoms with E-state index >= 15 is 0 Å². The maximum atomic E-state index is 12.6. The lowest BCUT2D eigenvalue weighted by atomic mass is 10.3. The van der Waals surface area contributed by atoms with Crippen LogP contribution in [0.3, 0.4) is 0 Å². The molecule has 44 heavy (non-hydrogen) atoms. The number of carboxylic acids is 1. The monoisotopic (exact) mass is 636 g/mol. The second-order valence-electron chi connectivity index (χ2n) is 9.14. The van der Waals surface area contributed by atoms with Crippen molar-refractivity contribution in [3.05, 3.63) is 0 Å². The van der Waals surface area contributed by atoms with E-state index in [9.17, 15) is 33.9 Å². The van der Waals surface area contributed by atoms with Gasteiger partial charge in [0.05, 0.1) is 86.8 Å². The maximum absolute atomic E-state index is 12.6. The predicted octanol–water partition coefficient (Wildman–Crippen LogP) is -3.37. The Kier molecular flexibility index (Phi) is 20.2. The summed E-state index contributed by atoms with van der Waals surface area (Å²) in [5.74, 6) is -5.77. The van der Waals surface area contributed by atoms with E-state index in [0.717, 1.165) is 14.2 Å². The van der Waals surface area contributed by atoms with E-state index < -0.39 is 47.8 Å². The second kappa shape index (κ2) is 23.0. The van der Waals surface area contributed by atoms with Gasteiger partial charge in [0.2, 0.25) is 23.9 Å². The number of carboxylic acid groups (broad SMARTS) is 1. The Morgan fingerprint density at radius 3 is 1.32 bits per heavy atom. The number of carbonyl (C=O) groups is 6. The molecule has 0 radical (unpaired) electrons. The highest BCUT2D eigenvalue weighted by atomic mass is 16.6. The second-order valence-corrected chi connectivity index (χ2v) is 9.14. The molecule has 1 atom stereocenters. The van der Waals surface area contributed by atoms with Crippen LogP contribution in [0.5, 0.6) is 0 Å². The average Bonchev–Trinajstić information content (AvgIpc) is 2.99. The summed E-state index contributed by atoms with van der Waals surface area (Å²) in [6.07, 6.45) is 0. The molecule has 2 amide bonds. The minimum Gasteiger partial charge on any atom is -0.479 e. The lowest BCUT2D eigenvalue weighted by Crippen LogP contribution is -2.51. The number of hydrogen-bond donors (Lipinski definition) is 3. The number of amides is 2. The summed E-state index contributed by atoms with van der Waals surface area (Å²) in [4.78, 5) is 75.4. The molecule has 0 spiro atoms. The number of esters is 3. The van der Waals surface area contributed by atoms with Crippen molar-refractivity contribution < 1.29 is 67.0 Å². The Morgan fingerprint density at radius 2 is 1.00 bits per heavy atom. The van der Waals surface area contributed by atoms with E-state index in [0.29, 0.717) is 26.2 Å². The molecule has 1 saturated heterocycles. The molecule has 0 aromatic carbocycles. The van der Waals surface area contributed by atoms with Crippen molar-refractivity contribution in [2.75, 3.05) is 113 Å². The van der Waals surface area contributed by atoms with Crippen LogP contribution in [0.1, 0.15) is 6.92 Å². The van der Waals surface area contributed by atoms with Crippen molar-refractivity contribution in [2.45, 2.75) is 19.0 Å². The third kappa shape index (κ3) is 16.4. The number of ether oxygens (including phenoxy) is 7. The van der Waals surface area contributed by atoms with Gasteiger partial charge in [-0.3, -0.25) is 19.4 Å². The fraction of sp³-hybridized carbons (Fsp3) is 0.769. The van der Waals surface area contributed by atoms with Crippen LogP contribution in [-0.2, 0) is 61.9 Å². The lowest BCUT2D eigenvalue weighted by molar-refractivity contribution is -0.158. The number of methoxy groups -OCH3 is 2. The van der Waals surface area contributed by atoms with Gasteiger partial charge in [0.1, 0.15) is 0 Å². The smallest absolute Gasteiger partial charge is 0.340 e. The molecule has 0 aromatic heterocycles. The van der Waals surface area contributed by atoms with E-state index in [1.807, 2.05) is 0 Å². The number of aliphatic carboxylic acids is 1. The molecular formula is C26H44N4O14. The zero-order valence-corrected chi connectivity index (χ0v) is 25.4. The fourth-order valence-corrected chi connectivity index (χ4v) is 3.67. The van der Waals surface area contributed by atoms with Crippen LogP contribution in [0.15, 0.2) is 0 Å². The van der Waals surface area contributed by atoms with Crippen molar-refractivity contribution in [2.24, 2.45) is 0 Å². The normalized spacial score (nSPS) is 17.7. The maximum Gasteiger partial charge on any atom is 0.340 e. The Labute approximate surface area is 255 Å². The summed E-state index contributed by atoms with van der Waals surface area (Å²) in [5, 5.41) is 13.7. The highest BCUT2D eigenvalue weighted by Gasteiger charge is 2.31. The van der Waals surface area contributed by atoms with Crippen LogP contribution in [0.2, 0.25) is 0 Å². The number of rotatable bonds is 11. The van der Waals surface area contributed by atoms with Crippen LogP contribution >= 0.6 is 0 Å². The van der Waals surface area contributed by atoms with E-state index in [2.05, 4.69) is 20.1 Å². The number of hydrogen-bond acceptors (Lipinski definition) is 15. The van der Waals surface area contributed by atoms with Gasteiger partial charge in [-0.1, -0.05) is 0 Å². The quantitative estimate of drug-likeness (QED) is 0.115. The van der Waals surface area contributed by atoms with Crippen molar-refractivity contribution in [3.63, 3.8) is 0 Å². The Morgan fingerprint density at radius 1 is 0.636 bits per heavy atom. The Bertz CT molecular complexity index is 885. The molecule has 18 nitrogen and oxygen atoms in total. The molecule has 1 heterocycles. The highest BCUT2D eigenvalue weighted by Crippen LogP contribution is 1.98. The van der Waals surface area contributed by atoms with Gasteiger partial charge in [-0.25, -0.2) is 19.2 Å². The fourth-order valence-electron chi connectivity index (χ4n) is 3.67. The topological polar surface area (TPSA) is 218 Å². The molecule has 3 N–H and O–H groups in total. The largest absolute Gasteiger partial charge is 0.479 e. The summed E-state index contributed by atoms with van der Waals surface area (Å²) in [5.41, 5.74) is 0. The van der Waals surface area contributed by atoms with E-state index in [4.69, 9.17) is 23.7 Å². The summed E-state index contributed by atoms with van der Waals surface area (Å²) in [7, 11) is 2.18. The van der Waals surface area contributed by atoms with E-state index in [1.165, 1.54) is 6.92 Å². The van der Waals surface area contributed by atoms with E-state index in [1.54, 1.807) is 9.80 Å². The van der Waals surface area contributed by atoms with Crippen LogP contribution in [-0.4, -0.2) is 176 Å². The predicted molar refractivity (Wildman–Crippen MR) is 148 cm³/mol. The van der Waals surface area contributed by atoms with E-state index in [-0.39, 0.29) is 72.6 Å². The first-order valence-corrected chi connectivity index (χ1v) is 14.0. The van der Waals surface area contributed by atoms with Crippen molar-refractivity contribution in [3.8, 4) is 0 Å². The van der Waals surface area contributed by atoms with Gasteiger partial charge in [-0.15, -0.1) is 0 Å². The molecular weight excluding hydrogens is 592 g/mol. The van der Waals surface area contributed by atoms with Gasteiger partial charge in [-0.2, -0.15) is 0 Å². The van der Waals surface area contributed by atoms with Gasteiger partial charge >= 0.3 is 23.9 Å². The first-order valence-electron chi connectivity index (χ1n) is 14.0. The van der Waals surface area contributed by atoms with Gasteiger partial charge < -0.3 is 48.9 Å². The Hall–Kier alpha value is -3.42. The number of carbonyl (C=O) groups excluding carboxylic acids is 5. The first kappa shape index (κ1) is 38.6. The molecule has 0 saturated carbocycles. The van der Waals surface area contributed by atoms with Crippen LogP contribution in [0, 0.1) is 0 Å². The minimum atomic E-state index is -1.81. The Balaban J connectivity index is 2.62. The van der Waals surface area contributed by atoms with Crippen molar-refractivity contribution in [1.82, 2.24) is 20.4 Å². The SMILES string of the molecule is CCOC(=O)C(NC(=O)CN1CCOCCOCCN(CC(=O)NC(C(=O)OC)C(=O)OC)CCOCCOCC1)C(=O)O. The molecule has 18 heteroatoms. The molecule has 1 fully saturated rings. The molecule has 252 valence electrons. The minimum absolute atomic E-state index is 0.0283. The van der Waals surface area contributed by atoms with Crippen molar-refractivity contribution >= 4 is 35.7 Å². The first-order chi connectivity index (χ1) is 21.1. The molecule has 1 unspecified atom stereocenters. The third-order valence-corrected chi connectivity index (χ3v) is 5.94. The lowest BCUT2D eigenvalue weighted by Gasteiger charge is -2.24.